The maximum atomic E-state index is 2.34. The van der Waals surface area contributed by atoms with Crippen LogP contribution in [-0.4, -0.2) is 18.0 Å². The van der Waals surface area contributed by atoms with Crippen LogP contribution < -0.4 is 0 Å². The molecule has 0 spiro atoms. The zero-order valence-corrected chi connectivity index (χ0v) is 4.85. The van der Waals surface area contributed by atoms with E-state index in [1.807, 2.05) is 0 Å². The monoisotopic (exact) mass is 98.1 g/mol. The molecule has 0 saturated carbocycles. The zero-order chi connectivity index (χ0) is 5.11. The van der Waals surface area contributed by atoms with E-state index >= 15 is 0 Å². The van der Waals surface area contributed by atoms with Gasteiger partial charge in [-0.3, -0.25) is 4.90 Å². The molecule has 0 aromatic rings. The molecule has 0 bridgehead atoms. The van der Waals surface area contributed by atoms with E-state index in [0.717, 1.165) is 0 Å². The van der Waals surface area contributed by atoms with Crippen molar-refractivity contribution >= 4 is 0 Å². The molecule has 1 fully saturated rings. The Hall–Kier alpha value is -0.0400. The maximum Gasteiger partial charge on any atom is 0.0252 e. The summed E-state index contributed by atoms with van der Waals surface area (Å²) < 4.78 is 0. The molecule has 7 heavy (non-hydrogen) atoms. The first-order valence-corrected chi connectivity index (χ1v) is 3.01. The lowest BCUT2D eigenvalue weighted by Crippen LogP contribution is -1.88. The minimum atomic E-state index is 1.26. The molecule has 1 heteroatoms. The van der Waals surface area contributed by atoms with Gasteiger partial charge in [0.1, 0.15) is 0 Å². The van der Waals surface area contributed by atoms with Crippen LogP contribution in [0.25, 0.3) is 0 Å². The SMILES string of the molecule is CCC[CH]N1CC1. The van der Waals surface area contributed by atoms with E-state index < -0.39 is 0 Å². The number of unbranched alkanes of at least 4 members (excludes halogenated alkanes) is 1. The molecule has 1 rings (SSSR count). The molecule has 0 aromatic carbocycles. The first kappa shape index (κ1) is 5.10. The van der Waals surface area contributed by atoms with E-state index in [2.05, 4.69) is 18.4 Å². The number of rotatable bonds is 3. The number of nitrogens with zero attached hydrogens (tertiary/aromatic N) is 1. The normalized spacial score (nSPS) is 20.1. The second-order valence-corrected chi connectivity index (χ2v) is 2.01. The molecule has 1 nitrogen and oxygen atoms in total. The topological polar surface area (TPSA) is 3.01 Å². The minimum Gasteiger partial charge on any atom is -0.296 e. The van der Waals surface area contributed by atoms with Gasteiger partial charge in [0.2, 0.25) is 0 Å². The fourth-order valence-corrected chi connectivity index (χ4v) is 0.552. The summed E-state index contributed by atoms with van der Waals surface area (Å²) in [6, 6.07) is 0. The van der Waals surface area contributed by atoms with Crippen molar-refractivity contribution in [2.24, 2.45) is 0 Å². The Bertz CT molecular complexity index is 48.1. The van der Waals surface area contributed by atoms with Crippen LogP contribution in [0.2, 0.25) is 0 Å². The highest BCUT2D eigenvalue weighted by Crippen LogP contribution is 2.08. The van der Waals surface area contributed by atoms with Crippen LogP contribution in [0.5, 0.6) is 0 Å². The number of hydrogen-bond donors (Lipinski definition) is 0. The minimum absolute atomic E-state index is 1.26. The standard InChI is InChI=1S/C6H12N/c1-2-3-4-7-5-6-7/h4H,2-3,5-6H2,1H3. The Balaban J connectivity index is 1.80. The third kappa shape index (κ3) is 1.93. The van der Waals surface area contributed by atoms with Gasteiger partial charge in [0.25, 0.3) is 0 Å². The van der Waals surface area contributed by atoms with Crippen molar-refractivity contribution in [3.05, 3.63) is 6.54 Å². The lowest BCUT2D eigenvalue weighted by Gasteiger charge is -1.92. The van der Waals surface area contributed by atoms with Crippen LogP contribution in [0.4, 0.5) is 0 Å². The highest BCUT2D eigenvalue weighted by Gasteiger charge is 2.14. The van der Waals surface area contributed by atoms with Gasteiger partial charge in [-0.05, 0) is 6.42 Å². The van der Waals surface area contributed by atoms with Crippen LogP contribution in [0, 0.1) is 6.54 Å². The molecule has 1 aliphatic rings. The van der Waals surface area contributed by atoms with Crippen molar-refractivity contribution in [1.82, 2.24) is 4.90 Å². The second-order valence-electron chi connectivity index (χ2n) is 2.01. The molecule has 41 valence electrons. The van der Waals surface area contributed by atoms with Crippen molar-refractivity contribution in [3.63, 3.8) is 0 Å². The van der Waals surface area contributed by atoms with E-state index in [-0.39, 0.29) is 0 Å². The molecule has 1 aliphatic heterocycles. The molecule has 1 heterocycles. The first-order valence-electron chi connectivity index (χ1n) is 3.01. The Morgan fingerprint density at radius 3 is 2.71 bits per heavy atom. The van der Waals surface area contributed by atoms with Crippen molar-refractivity contribution in [3.8, 4) is 0 Å². The van der Waals surface area contributed by atoms with E-state index in [9.17, 15) is 0 Å². The van der Waals surface area contributed by atoms with E-state index in [1.165, 1.54) is 25.9 Å². The van der Waals surface area contributed by atoms with Crippen LogP contribution in [0.1, 0.15) is 19.8 Å². The Labute approximate surface area is 45.3 Å². The molecule has 0 N–H and O–H groups in total. The molecule has 0 unspecified atom stereocenters. The average molecular weight is 98.2 g/mol. The predicted molar refractivity (Wildman–Crippen MR) is 30.8 cm³/mol. The molecular weight excluding hydrogens is 86.1 g/mol. The van der Waals surface area contributed by atoms with Crippen molar-refractivity contribution < 1.29 is 0 Å². The van der Waals surface area contributed by atoms with Gasteiger partial charge in [-0.25, -0.2) is 0 Å². The van der Waals surface area contributed by atoms with Gasteiger partial charge in [0, 0.05) is 19.6 Å². The van der Waals surface area contributed by atoms with E-state index in [4.69, 9.17) is 0 Å². The maximum absolute atomic E-state index is 2.34. The summed E-state index contributed by atoms with van der Waals surface area (Å²) in [5.74, 6) is 0. The Morgan fingerprint density at radius 2 is 2.29 bits per heavy atom. The van der Waals surface area contributed by atoms with Crippen LogP contribution in [-0.2, 0) is 0 Å². The summed E-state index contributed by atoms with van der Waals surface area (Å²) >= 11 is 0. The molecule has 0 atom stereocenters. The largest absolute Gasteiger partial charge is 0.296 e. The third-order valence-electron chi connectivity index (χ3n) is 1.16. The molecule has 0 aliphatic carbocycles. The highest BCUT2D eigenvalue weighted by atomic mass is 15.2. The van der Waals surface area contributed by atoms with E-state index in [0.29, 0.717) is 0 Å². The quantitative estimate of drug-likeness (QED) is 0.480. The molecular formula is C6H12N. The smallest absolute Gasteiger partial charge is 0.0252 e. The Morgan fingerprint density at radius 1 is 1.57 bits per heavy atom. The second kappa shape index (κ2) is 2.31. The van der Waals surface area contributed by atoms with Crippen LogP contribution >= 0.6 is 0 Å². The van der Waals surface area contributed by atoms with E-state index in [1.54, 1.807) is 0 Å². The Kier molecular flexibility index (Phi) is 1.69. The van der Waals surface area contributed by atoms with Gasteiger partial charge in [0.15, 0.2) is 0 Å². The molecule has 1 saturated heterocycles. The average Bonchev–Trinajstić information content (AvgIpc) is 2.42. The van der Waals surface area contributed by atoms with Crippen molar-refractivity contribution in [1.29, 1.82) is 0 Å². The van der Waals surface area contributed by atoms with Gasteiger partial charge in [0.05, 0.1) is 0 Å². The summed E-state index contributed by atoms with van der Waals surface area (Å²) in [5, 5.41) is 0. The lowest BCUT2D eigenvalue weighted by atomic mass is 10.3. The van der Waals surface area contributed by atoms with Gasteiger partial charge in [-0.1, -0.05) is 13.3 Å². The lowest BCUT2D eigenvalue weighted by molar-refractivity contribution is 0.625. The van der Waals surface area contributed by atoms with Gasteiger partial charge in [-0.15, -0.1) is 0 Å². The fourth-order valence-electron chi connectivity index (χ4n) is 0.552. The fraction of sp³-hybridized carbons (Fsp3) is 0.833. The first-order chi connectivity index (χ1) is 3.43. The van der Waals surface area contributed by atoms with Gasteiger partial charge < -0.3 is 0 Å². The summed E-state index contributed by atoms with van der Waals surface area (Å²) in [7, 11) is 0. The molecule has 0 amide bonds. The highest BCUT2D eigenvalue weighted by molar-refractivity contribution is 4.79. The summed E-state index contributed by atoms with van der Waals surface area (Å²) in [5.41, 5.74) is 0. The zero-order valence-electron chi connectivity index (χ0n) is 4.85. The van der Waals surface area contributed by atoms with Gasteiger partial charge in [-0.2, -0.15) is 0 Å². The summed E-state index contributed by atoms with van der Waals surface area (Å²) in [4.78, 5) is 2.34. The molecule has 1 radical (unpaired) electrons. The predicted octanol–water partition coefficient (Wildman–Crippen LogP) is 1.26. The van der Waals surface area contributed by atoms with Gasteiger partial charge >= 0.3 is 0 Å². The third-order valence-corrected chi connectivity index (χ3v) is 1.16. The number of hydrogen-bond acceptors (Lipinski definition) is 1. The summed E-state index contributed by atoms with van der Waals surface area (Å²) in [6.07, 6.45) is 2.55. The summed E-state index contributed by atoms with van der Waals surface area (Å²) in [6.45, 7) is 7.11. The van der Waals surface area contributed by atoms with Crippen molar-refractivity contribution in [2.45, 2.75) is 19.8 Å². The van der Waals surface area contributed by atoms with Crippen LogP contribution in [0.15, 0.2) is 0 Å². The van der Waals surface area contributed by atoms with Crippen molar-refractivity contribution in [2.75, 3.05) is 13.1 Å². The van der Waals surface area contributed by atoms with Crippen LogP contribution in [0.3, 0.4) is 0 Å². The molecule has 0 aromatic heterocycles.